The van der Waals surface area contributed by atoms with E-state index in [1.807, 2.05) is 0 Å². The summed E-state index contributed by atoms with van der Waals surface area (Å²) in [5.41, 5.74) is 0. The summed E-state index contributed by atoms with van der Waals surface area (Å²) in [6, 6.07) is 0. The summed E-state index contributed by atoms with van der Waals surface area (Å²) in [6.45, 7) is 0. The van der Waals surface area contributed by atoms with E-state index in [0.29, 0.717) is 0 Å². The standard InChI is InChI=1S/BO3.Bi.Ge.Pb/c2-1(3)4;;;/q-3;+3;;+2. The van der Waals surface area contributed by atoms with Gasteiger partial charge in [0.1, 0.15) is 0 Å². The van der Waals surface area contributed by atoms with Gasteiger partial charge in [0.2, 0.25) is 0 Å². The fourth-order valence-electron chi connectivity index (χ4n) is 0. The zero-order valence-electron chi connectivity index (χ0n) is 3.25. The first kappa shape index (κ1) is 22.8. The first-order valence-corrected chi connectivity index (χ1v) is 0.707. The van der Waals surface area contributed by atoms with Gasteiger partial charge in [0.15, 0.2) is 0 Å². The van der Waals surface area contributed by atoms with Gasteiger partial charge in [0, 0.05) is 17.6 Å². The van der Waals surface area contributed by atoms with E-state index in [-0.39, 0.29) is 71.1 Å². The Morgan fingerprint density at radius 3 is 1.00 bits per heavy atom. The molecule has 0 saturated carbocycles. The van der Waals surface area contributed by atoms with Crippen LogP contribution >= 0.6 is 0 Å². The largest absolute Gasteiger partial charge is 3.00 e. The zero-order chi connectivity index (χ0) is 3.58. The van der Waals surface area contributed by atoms with Crippen molar-refractivity contribution in [1.82, 2.24) is 0 Å². The van der Waals surface area contributed by atoms with E-state index >= 15 is 0 Å². The maximum atomic E-state index is 8.42. The predicted molar refractivity (Wildman–Crippen MR) is 23.0 cm³/mol. The molecule has 8 radical (unpaired) electrons. The van der Waals surface area contributed by atoms with Crippen molar-refractivity contribution in [2.24, 2.45) is 0 Å². The Balaban J connectivity index is -0.0000000150. The van der Waals surface area contributed by atoms with Crippen molar-refractivity contribution in [3.8, 4) is 0 Å². The van der Waals surface area contributed by atoms with Crippen LogP contribution in [0.3, 0.4) is 0 Å². The van der Waals surface area contributed by atoms with Gasteiger partial charge in [-0.05, 0) is 0 Å². The van der Waals surface area contributed by atoms with Crippen LogP contribution in [0.4, 0.5) is 0 Å². The molecule has 0 aromatic heterocycles. The molecular weight excluding hydrogens is 548 g/mol. The SMILES string of the molecule is [Bi+3].[Ge].[O-]B([O-])[O-].[Pb+2]. The molecule has 0 saturated heterocycles. The smallest absolute Gasteiger partial charge is 0.907 e. The second kappa shape index (κ2) is 15.7. The maximum absolute atomic E-state index is 8.42. The van der Waals surface area contributed by atoms with Crippen molar-refractivity contribution < 1.29 is 15.1 Å². The molecule has 0 heterocycles. The van der Waals surface area contributed by atoms with Crippen LogP contribution < -0.4 is 15.1 Å². The van der Waals surface area contributed by atoms with E-state index in [1.165, 1.54) is 0 Å². The quantitative estimate of drug-likeness (QED) is 0.285. The normalized spacial score (nSPS) is 3.86. The molecule has 0 fully saturated rings. The molecule has 0 aromatic rings. The van der Waals surface area contributed by atoms with Crippen LogP contribution in [-0.2, 0) is 0 Å². The molecule has 32 valence electrons. The van der Waals surface area contributed by atoms with Gasteiger partial charge in [-0.1, -0.05) is 0 Å². The fourth-order valence-corrected chi connectivity index (χ4v) is 0. The minimum Gasteiger partial charge on any atom is -0.907 e. The van der Waals surface area contributed by atoms with Crippen molar-refractivity contribution in [3.63, 3.8) is 0 Å². The van der Waals surface area contributed by atoms with Gasteiger partial charge >= 0.3 is 53.5 Å². The second-order valence-electron chi connectivity index (χ2n) is 0.289. The minimum atomic E-state index is -2.92. The molecular formula is BBiGeO3Pb+2. The molecule has 0 aliphatic rings. The van der Waals surface area contributed by atoms with E-state index in [2.05, 4.69) is 0 Å². The molecule has 7 heavy (non-hydrogen) atoms. The van der Waals surface area contributed by atoms with Crippen LogP contribution in [0.2, 0.25) is 0 Å². The van der Waals surface area contributed by atoms with Crippen LogP contribution in [0.1, 0.15) is 0 Å². The number of hydrogen-bond acceptors (Lipinski definition) is 3. The summed E-state index contributed by atoms with van der Waals surface area (Å²) in [7, 11) is -2.92. The van der Waals surface area contributed by atoms with Gasteiger partial charge in [-0.25, -0.2) is 0 Å². The van der Waals surface area contributed by atoms with Gasteiger partial charge < -0.3 is 15.1 Å². The topological polar surface area (TPSA) is 69.2 Å². The first-order chi connectivity index (χ1) is 1.73. The Morgan fingerprint density at radius 2 is 1.00 bits per heavy atom. The van der Waals surface area contributed by atoms with Gasteiger partial charge in [-0.2, -0.15) is 0 Å². The van der Waals surface area contributed by atoms with Crippen LogP contribution in [0.15, 0.2) is 0 Å². The maximum Gasteiger partial charge on any atom is 3.00 e. The Bertz CT molecular complexity index is 19.7. The molecule has 0 aliphatic heterocycles. The second-order valence-corrected chi connectivity index (χ2v) is 0.289. The van der Waals surface area contributed by atoms with Crippen LogP contribution in [0, 0.1) is 0 Å². The van der Waals surface area contributed by atoms with Gasteiger partial charge in [-0.3, -0.25) is 7.32 Å². The average molecular weight is 548 g/mol. The summed E-state index contributed by atoms with van der Waals surface area (Å²) in [5.74, 6) is 0. The Kier molecular flexibility index (Phi) is 51.3. The van der Waals surface area contributed by atoms with Crippen molar-refractivity contribution in [3.05, 3.63) is 0 Å². The van der Waals surface area contributed by atoms with E-state index in [1.54, 1.807) is 0 Å². The Hall–Kier alpha value is 2.29. The number of rotatable bonds is 0. The van der Waals surface area contributed by atoms with Crippen molar-refractivity contribution in [1.29, 1.82) is 0 Å². The Labute approximate surface area is 92.3 Å². The van der Waals surface area contributed by atoms with Crippen LogP contribution in [-0.4, -0.2) is 78.4 Å². The molecule has 3 nitrogen and oxygen atoms in total. The van der Waals surface area contributed by atoms with Crippen LogP contribution in [0.25, 0.3) is 0 Å². The van der Waals surface area contributed by atoms with E-state index in [0.717, 1.165) is 0 Å². The van der Waals surface area contributed by atoms with Crippen molar-refractivity contribution >= 4 is 78.4 Å². The third-order valence-electron chi connectivity index (χ3n) is 0. The third-order valence-corrected chi connectivity index (χ3v) is 0. The molecule has 0 aromatic carbocycles. The molecule has 0 bridgehead atoms. The molecule has 0 aliphatic carbocycles. The summed E-state index contributed by atoms with van der Waals surface area (Å²) in [4.78, 5) is 0. The fraction of sp³-hybridized carbons (Fsp3) is 0. The summed E-state index contributed by atoms with van der Waals surface area (Å²) >= 11 is 0. The van der Waals surface area contributed by atoms with E-state index in [4.69, 9.17) is 15.1 Å². The molecule has 7 heteroatoms. The minimum absolute atomic E-state index is 0. The van der Waals surface area contributed by atoms with Gasteiger partial charge in [-0.15, -0.1) is 0 Å². The molecule has 0 amide bonds. The Morgan fingerprint density at radius 1 is 1.00 bits per heavy atom. The molecule has 0 N–H and O–H groups in total. The van der Waals surface area contributed by atoms with E-state index in [9.17, 15) is 0 Å². The van der Waals surface area contributed by atoms with Crippen molar-refractivity contribution in [2.45, 2.75) is 0 Å². The van der Waals surface area contributed by atoms with Crippen molar-refractivity contribution in [2.75, 3.05) is 0 Å². The zero-order valence-corrected chi connectivity index (χ0v) is 12.7. The molecule has 0 atom stereocenters. The van der Waals surface area contributed by atoms with Gasteiger partial charge in [0.05, 0.1) is 0 Å². The summed E-state index contributed by atoms with van der Waals surface area (Å²) < 4.78 is 0. The summed E-state index contributed by atoms with van der Waals surface area (Å²) in [6.07, 6.45) is 0. The average Bonchev–Trinajstić information content (AvgIpc) is 0.811. The predicted octanol–water partition coefficient (Wildman–Crippen LogP) is -5.09. The molecule has 0 rings (SSSR count). The first-order valence-electron chi connectivity index (χ1n) is 0.707. The molecule has 0 spiro atoms. The van der Waals surface area contributed by atoms with E-state index < -0.39 is 7.32 Å². The summed E-state index contributed by atoms with van der Waals surface area (Å²) in [5, 5.41) is 25.2. The number of hydrogen-bond donors (Lipinski definition) is 0. The monoisotopic (exact) mass is 550 g/mol. The van der Waals surface area contributed by atoms with Crippen LogP contribution in [0.5, 0.6) is 0 Å². The third kappa shape index (κ3) is 62.5. The molecule has 0 unspecified atom stereocenters. The van der Waals surface area contributed by atoms with Gasteiger partial charge in [0.25, 0.3) is 0 Å².